The van der Waals surface area contributed by atoms with Gasteiger partial charge < -0.3 is 20.6 Å². The molecule has 0 bridgehead atoms. The molecule has 0 aliphatic carbocycles. The van der Waals surface area contributed by atoms with Crippen LogP contribution in [-0.2, 0) is 24.1 Å². The first-order chi connectivity index (χ1) is 14.8. The Hall–Kier alpha value is -2.23. The summed E-state index contributed by atoms with van der Waals surface area (Å²) in [6.45, 7) is 4.64. The molecule has 0 aromatic carbocycles. The second-order valence-corrected chi connectivity index (χ2v) is 10.1. The van der Waals surface area contributed by atoms with Gasteiger partial charge in [0.25, 0.3) is 11.8 Å². The molecule has 9 heteroatoms. The minimum absolute atomic E-state index is 0.105. The van der Waals surface area contributed by atoms with Crippen LogP contribution in [0.25, 0.3) is 0 Å². The largest absolute Gasteiger partial charge is 0.480 e. The minimum atomic E-state index is -0.888. The van der Waals surface area contributed by atoms with Crippen LogP contribution in [0.3, 0.4) is 0 Å². The van der Waals surface area contributed by atoms with Crippen molar-refractivity contribution in [2.45, 2.75) is 45.1 Å². The number of nitrogens with zero attached hydrogens (tertiary/aromatic N) is 2. The number of carbonyl (C=O) groups excluding carboxylic acids is 2. The van der Waals surface area contributed by atoms with Gasteiger partial charge in [-0.25, -0.2) is 4.79 Å². The van der Waals surface area contributed by atoms with Crippen LogP contribution in [0.1, 0.15) is 54.4 Å². The van der Waals surface area contributed by atoms with Crippen molar-refractivity contribution >= 4 is 40.5 Å². The normalized spacial score (nSPS) is 18.6. The smallest absolute Gasteiger partial charge is 0.326 e. The Morgan fingerprint density at radius 1 is 1.13 bits per heavy atom. The van der Waals surface area contributed by atoms with Gasteiger partial charge in [-0.3, -0.25) is 9.59 Å². The highest BCUT2D eigenvalue weighted by Gasteiger charge is 2.35. The first kappa shape index (κ1) is 23.4. The Bertz CT molecular complexity index is 927. The number of primary amides is 1. The van der Waals surface area contributed by atoms with Gasteiger partial charge in [0.05, 0.1) is 9.75 Å². The molecule has 31 heavy (non-hydrogen) atoms. The number of aryl methyl sites for hydroxylation is 1. The van der Waals surface area contributed by atoms with E-state index in [1.54, 1.807) is 17.4 Å². The lowest BCUT2D eigenvalue weighted by Crippen LogP contribution is -2.40. The van der Waals surface area contributed by atoms with Crippen LogP contribution in [0.5, 0.6) is 0 Å². The zero-order valence-electron chi connectivity index (χ0n) is 17.9. The minimum Gasteiger partial charge on any atom is -0.480 e. The van der Waals surface area contributed by atoms with Crippen molar-refractivity contribution in [3.8, 4) is 0 Å². The van der Waals surface area contributed by atoms with E-state index in [4.69, 9.17) is 5.73 Å². The number of nitrogens with two attached hydrogens (primary N) is 1. The molecule has 0 radical (unpaired) electrons. The molecule has 2 aromatic heterocycles. The average molecular weight is 464 g/mol. The molecule has 1 fully saturated rings. The number of carboxylic acids is 1. The van der Waals surface area contributed by atoms with E-state index in [9.17, 15) is 19.5 Å². The average Bonchev–Trinajstić information content (AvgIpc) is 3.48. The number of thiophene rings is 2. The number of carboxylic acid groups (broad SMARTS) is 1. The lowest BCUT2D eigenvalue weighted by Gasteiger charge is -2.20. The number of rotatable bonds is 4. The maximum atomic E-state index is 12.6. The lowest BCUT2D eigenvalue weighted by molar-refractivity contribution is -0.141. The summed E-state index contributed by atoms with van der Waals surface area (Å²) >= 11 is 3.02. The molecule has 2 amide bonds. The summed E-state index contributed by atoms with van der Waals surface area (Å²) in [4.78, 5) is 42.1. The SMILES string of the molecule is CCc1ccc(C(N)=O)s1.CN1CCc2cc(C(=O)N3CCCC3C(=O)O)sc2CC1. The predicted molar refractivity (Wildman–Crippen MR) is 123 cm³/mol. The molecular weight excluding hydrogens is 434 g/mol. The fourth-order valence-corrected chi connectivity index (χ4v) is 5.78. The highest BCUT2D eigenvalue weighted by Crippen LogP contribution is 2.29. The molecule has 2 aliphatic rings. The third-order valence-electron chi connectivity index (χ3n) is 5.64. The van der Waals surface area contributed by atoms with Gasteiger partial charge in [-0.1, -0.05) is 6.92 Å². The maximum Gasteiger partial charge on any atom is 0.326 e. The van der Waals surface area contributed by atoms with Gasteiger partial charge in [0, 0.05) is 29.4 Å². The standard InChI is InChI=1S/C15H20N2O3S.C7H9NOS/c1-16-7-4-10-9-13(21-12(10)5-8-16)14(18)17-6-2-3-11(17)15(19)20;1-2-5-3-4-6(10-5)7(8)9/h9,11H,2-8H2,1H3,(H,19,20);3-4H,2H2,1H3,(H2,8,9). The molecule has 2 aliphatic heterocycles. The van der Waals surface area contributed by atoms with Gasteiger partial charge in [-0.2, -0.15) is 0 Å². The molecule has 4 rings (SSSR count). The molecule has 1 unspecified atom stereocenters. The summed E-state index contributed by atoms with van der Waals surface area (Å²) in [6, 6.07) is 5.04. The number of hydrogen-bond acceptors (Lipinski definition) is 6. The quantitative estimate of drug-likeness (QED) is 0.726. The summed E-state index contributed by atoms with van der Waals surface area (Å²) in [5.74, 6) is -1.32. The molecule has 1 atom stereocenters. The van der Waals surface area contributed by atoms with E-state index in [-0.39, 0.29) is 11.8 Å². The summed E-state index contributed by atoms with van der Waals surface area (Å²) in [7, 11) is 2.12. The third-order valence-corrected chi connectivity index (χ3v) is 8.11. The summed E-state index contributed by atoms with van der Waals surface area (Å²) in [6.07, 6.45) is 4.26. The Morgan fingerprint density at radius 2 is 1.87 bits per heavy atom. The molecule has 7 nitrogen and oxygen atoms in total. The zero-order valence-corrected chi connectivity index (χ0v) is 19.6. The fraction of sp³-hybridized carbons (Fsp3) is 0.500. The van der Waals surface area contributed by atoms with E-state index < -0.39 is 12.0 Å². The Kier molecular flexibility index (Phi) is 7.85. The Labute approximate surface area is 190 Å². The molecule has 1 saturated heterocycles. The summed E-state index contributed by atoms with van der Waals surface area (Å²) in [5.41, 5.74) is 6.32. The Morgan fingerprint density at radius 3 is 2.48 bits per heavy atom. The number of likely N-dealkylation sites (tertiary alicyclic amines) is 1. The van der Waals surface area contributed by atoms with Crippen LogP contribution in [0, 0.1) is 0 Å². The van der Waals surface area contributed by atoms with Crippen LogP contribution < -0.4 is 5.73 Å². The highest BCUT2D eigenvalue weighted by molar-refractivity contribution is 7.14. The number of aliphatic carboxylic acids is 1. The Balaban J connectivity index is 0.000000229. The molecule has 3 N–H and O–H groups in total. The monoisotopic (exact) mass is 463 g/mol. The van der Waals surface area contributed by atoms with Crippen molar-refractivity contribution in [3.05, 3.63) is 43.3 Å². The molecular formula is C22H29N3O4S2. The van der Waals surface area contributed by atoms with Crippen molar-refractivity contribution in [2.75, 3.05) is 26.7 Å². The first-order valence-electron chi connectivity index (χ1n) is 10.5. The highest BCUT2D eigenvalue weighted by atomic mass is 32.1. The van der Waals surface area contributed by atoms with Crippen molar-refractivity contribution < 1.29 is 19.5 Å². The first-order valence-corrected chi connectivity index (χ1v) is 12.2. The van der Waals surface area contributed by atoms with E-state index >= 15 is 0 Å². The molecule has 0 spiro atoms. The van der Waals surface area contributed by atoms with Crippen LogP contribution in [0.2, 0.25) is 0 Å². The van der Waals surface area contributed by atoms with Gasteiger partial charge in [-0.15, -0.1) is 22.7 Å². The second-order valence-electron chi connectivity index (χ2n) is 7.84. The van der Waals surface area contributed by atoms with E-state index in [0.29, 0.717) is 22.7 Å². The molecule has 4 heterocycles. The van der Waals surface area contributed by atoms with Gasteiger partial charge in [0.1, 0.15) is 6.04 Å². The number of hydrogen-bond donors (Lipinski definition) is 2. The molecule has 2 aromatic rings. The predicted octanol–water partition coefficient (Wildman–Crippen LogP) is 2.88. The number of likely N-dealkylation sites (N-methyl/N-ethyl adjacent to an activating group) is 1. The number of carbonyl (C=O) groups is 3. The topological polar surface area (TPSA) is 104 Å². The number of fused-ring (bicyclic) bond motifs is 1. The van der Waals surface area contributed by atoms with Crippen LogP contribution in [0.15, 0.2) is 18.2 Å². The zero-order chi connectivity index (χ0) is 22.5. The van der Waals surface area contributed by atoms with Crippen LogP contribution in [-0.4, -0.2) is 65.4 Å². The van der Waals surface area contributed by atoms with E-state index in [2.05, 4.69) is 18.9 Å². The third kappa shape index (κ3) is 5.72. The van der Waals surface area contributed by atoms with Crippen LogP contribution >= 0.6 is 22.7 Å². The molecule has 168 valence electrons. The van der Waals surface area contributed by atoms with Gasteiger partial charge in [0.2, 0.25) is 0 Å². The lowest BCUT2D eigenvalue weighted by atomic mass is 10.1. The number of amides is 2. The van der Waals surface area contributed by atoms with E-state index in [1.165, 1.54) is 31.6 Å². The van der Waals surface area contributed by atoms with Gasteiger partial charge in [0.15, 0.2) is 0 Å². The molecule has 0 saturated carbocycles. The van der Waals surface area contributed by atoms with Crippen molar-refractivity contribution in [3.63, 3.8) is 0 Å². The van der Waals surface area contributed by atoms with Crippen molar-refractivity contribution in [1.82, 2.24) is 9.80 Å². The fourth-order valence-electron chi connectivity index (χ4n) is 3.82. The second kappa shape index (κ2) is 10.4. The van der Waals surface area contributed by atoms with Crippen molar-refractivity contribution in [2.24, 2.45) is 5.73 Å². The van der Waals surface area contributed by atoms with E-state index in [1.807, 2.05) is 12.1 Å². The van der Waals surface area contributed by atoms with Gasteiger partial charge in [-0.05, 0) is 62.9 Å². The van der Waals surface area contributed by atoms with Crippen LogP contribution in [0.4, 0.5) is 0 Å². The van der Waals surface area contributed by atoms with Gasteiger partial charge >= 0.3 is 5.97 Å². The van der Waals surface area contributed by atoms with E-state index in [0.717, 1.165) is 38.8 Å². The summed E-state index contributed by atoms with van der Waals surface area (Å²) in [5, 5.41) is 9.21. The summed E-state index contributed by atoms with van der Waals surface area (Å²) < 4.78 is 0. The van der Waals surface area contributed by atoms with Crippen molar-refractivity contribution in [1.29, 1.82) is 0 Å². The maximum absolute atomic E-state index is 12.6.